The highest BCUT2D eigenvalue weighted by atomic mass is 16.2. The summed E-state index contributed by atoms with van der Waals surface area (Å²) in [6.07, 6.45) is 15.9. The van der Waals surface area contributed by atoms with E-state index in [1.807, 2.05) is 12.2 Å². The maximum Gasteiger partial charge on any atom is 0.251 e. The van der Waals surface area contributed by atoms with Gasteiger partial charge in [0.25, 0.3) is 5.91 Å². The highest BCUT2D eigenvalue weighted by Gasteiger charge is 2.81. The number of allylic oxidation sites excluding steroid dienone is 4. The van der Waals surface area contributed by atoms with Crippen LogP contribution in [0.3, 0.4) is 0 Å². The van der Waals surface area contributed by atoms with Crippen LogP contribution in [0.5, 0.6) is 0 Å². The number of rotatable bonds is 2. The first-order valence-corrected chi connectivity index (χ1v) is 12.9. The maximum absolute atomic E-state index is 12.9. The molecule has 1 amide bonds. The summed E-state index contributed by atoms with van der Waals surface area (Å²) in [5, 5.41) is 2.93. The van der Waals surface area contributed by atoms with Crippen molar-refractivity contribution in [2.75, 3.05) is 0 Å². The molecule has 0 bridgehead atoms. The highest BCUT2D eigenvalue weighted by molar-refractivity contribution is 6.01. The van der Waals surface area contributed by atoms with Crippen molar-refractivity contribution < 1.29 is 14.4 Å². The van der Waals surface area contributed by atoms with E-state index in [1.54, 1.807) is 0 Å². The molecule has 2 spiro atoms. The Kier molecular flexibility index (Phi) is 4.03. The Morgan fingerprint density at radius 3 is 2.45 bits per heavy atom. The molecular formula is C29H37NO3. The summed E-state index contributed by atoms with van der Waals surface area (Å²) in [5.41, 5.74) is 2.09. The smallest absolute Gasteiger partial charge is 0.251 e. The van der Waals surface area contributed by atoms with Gasteiger partial charge in [0.2, 0.25) is 0 Å². The number of hydrogen-bond acceptors (Lipinski definition) is 3. The van der Waals surface area contributed by atoms with E-state index in [9.17, 15) is 14.4 Å². The standard InChI is InChI=1S/C29H37NO3/c1-17(31)14-18-15-19(24(33)30-18)20-8-10-27(5)22-7-6-21-25(2,3)23(32)9-11-28(21)16-29(22,28)13-12-26(20,27)4/h9,11,14-15,20-22H,6-8,10,12-13,16H2,1-5H3,(H,30,33)/b18-14-/t20-,21+,22+,26-,27+,28-,29+/m1/s1. The molecule has 4 heteroatoms. The van der Waals surface area contributed by atoms with Gasteiger partial charge in [-0.1, -0.05) is 33.8 Å². The summed E-state index contributed by atoms with van der Waals surface area (Å²) in [6.45, 7) is 10.8. The molecule has 0 aromatic heterocycles. The third-order valence-electron chi connectivity index (χ3n) is 11.9. The van der Waals surface area contributed by atoms with E-state index in [-0.39, 0.29) is 39.3 Å². The molecule has 6 rings (SSSR count). The maximum atomic E-state index is 12.9. The molecule has 5 aliphatic carbocycles. The van der Waals surface area contributed by atoms with Crippen molar-refractivity contribution in [3.63, 3.8) is 0 Å². The van der Waals surface area contributed by atoms with E-state index in [1.165, 1.54) is 32.3 Å². The van der Waals surface area contributed by atoms with Crippen LogP contribution in [0.25, 0.3) is 0 Å². The zero-order chi connectivity index (χ0) is 23.6. The second-order valence-corrected chi connectivity index (χ2v) is 13.2. The van der Waals surface area contributed by atoms with Crippen LogP contribution in [0.4, 0.5) is 0 Å². The Hall–Kier alpha value is -1.97. The molecule has 0 saturated heterocycles. The van der Waals surface area contributed by atoms with Crippen molar-refractivity contribution in [1.82, 2.24) is 5.32 Å². The van der Waals surface area contributed by atoms with Crippen molar-refractivity contribution in [3.05, 3.63) is 35.6 Å². The minimum absolute atomic E-state index is 0.0136. The van der Waals surface area contributed by atoms with Crippen LogP contribution in [0.15, 0.2) is 35.6 Å². The summed E-state index contributed by atoms with van der Waals surface area (Å²) in [6, 6.07) is 0. The number of carbonyl (C=O) groups excluding carboxylic acids is 3. The van der Waals surface area contributed by atoms with Crippen molar-refractivity contribution in [3.8, 4) is 0 Å². The average Bonchev–Trinajstić information content (AvgIpc) is 3.15. The van der Waals surface area contributed by atoms with E-state index in [0.717, 1.165) is 31.3 Å². The van der Waals surface area contributed by atoms with Gasteiger partial charge in [-0.3, -0.25) is 14.4 Å². The molecule has 4 saturated carbocycles. The fourth-order valence-electron chi connectivity index (χ4n) is 10.1. The lowest BCUT2D eigenvalue weighted by molar-refractivity contribution is -0.139. The van der Waals surface area contributed by atoms with Crippen molar-refractivity contribution >= 4 is 17.5 Å². The molecule has 6 aliphatic rings. The lowest BCUT2D eigenvalue weighted by Gasteiger charge is -2.61. The number of nitrogens with one attached hydrogen (secondary N) is 1. The van der Waals surface area contributed by atoms with Gasteiger partial charge in [0.05, 0.1) is 0 Å². The van der Waals surface area contributed by atoms with Crippen LogP contribution in [-0.2, 0) is 14.4 Å². The topological polar surface area (TPSA) is 63.2 Å². The normalized spacial score (nSPS) is 50.2. The Morgan fingerprint density at radius 2 is 1.73 bits per heavy atom. The van der Waals surface area contributed by atoms with Gasteiger partial charge in [-0.2, -0.15) is 0 Å². The first kappa shape index (κ1) is 21.6. The van der Waals surface area contributed by atoms with Crippen LogP contribution in [0, 0.1) is 44.8 Å². The summed E-state index contributed by atoms with van der Waals surface area (Å²) in [4.78, 5) is 37.3. The lowest BCUT2D eigenvalue weighted by Crippen LogP contribution is -2.56. The van der Waals surface area contributed by atoms with Crippen LogP contribution >= 0.6 is 0 Å². The third kappa shape index (κ3) is 2.36. The first-order valence-electron chi connectivity index (χ1n) is 12.9. The molecule has 0 aromatic carbocycles. The number of amides is 1. The fraction of sp³-hybridized carbons (Fsp3) is 0.690. The van der Waals surface area contributed by atoms with Gasteiger partial charge >= 0.3 is 0 Å². The molecule has 1 heterocycles. The molecule has 0 aromatic rings. The zero-order valence-electron chi connectivity index (χ0n) is 20.7. The lowest BCUT2D eigenvalue weighted by atomic mass is 9.42. The Morgan fingerprint density at radius 1 is 1.00 bits per heavy atom. The Balaban J connectivity index is 1.37. The second-order valence-electron chi connectivity index (χ2n) is 13.2. The second kappa shape index (κ2) is 6.17. The predicted molar refractivity (Wildman–Crippen MR) is 127 cm³/mol. The first-order chi connectivity index (χ1) is 15.4. The molecule has 0 radical (unpaired) electrons. The van der Waals surface area contributed by atoms with Gasteiger partial charge in [-0.05, 0) is 103 Å². The van der Waals surface area contributed by atoms with Crippen molar-refractivity contribution in [2.45, 2.75) is 79.6 Å². The van der Waals surface area contributed by atoms with Gasteiger partial charge in [0, 0.05) is 22.8 Å². The number of hydrogen-bond donors (Lipinski definition) is 1. The Bertz CT molecular complexity index is 1090. The van der Waals surface area contributed by atoms with Gasteiger partial charge in [-0.25, -0.2) is 0 Å². The Labute approximate surface area is 197 Å². The SMILES string of the molecule is CC(=O)/C=C1/C=C([C@H]2CC[C@@]3(C)[C@@H]4CC[C@H]5C(C)(C)C(=O)C=C[C@@]56C[C@@]46CC[C@]23C)C(=O)N1. The van der Waals surface area contributed by atoms with E-state index in [2.05, 4.69) is 39.1 Å². The van der Waals surface area contributed by atoms with E-state index >= 15 is 0 Å². The van der Waals surface area contributed by atoms with Gasteiger partial charge in [0.1, 0.15) is 0 Å². The van der Waals surface area contributed by atoms with Gasteiger partial charge in [0.15, 0.2) is 11.6 Å². The largest absolute Gasteiger partial charge is 0.322 e. The van der Waals surface area contributed by atoms with E-state index in [0.29, 0.717) is 28.7 Å². The van der Waals surface area contributed by atoms with E-state index in [4.69, 9.17) is 0 Å². The van der Waals surface area contributed by atoms with Crippen LogP contribution < -0.4 is 5.32 Å². The van der Waals surface area contributed by atoms with Crippen molar-refractivity contribution in [1.29, 1.82) is 0 Å². The third-order valence-corrected chi connectivity index (χ3v) is 11.9. The van der Waals surface area contributed by atoms with Crippen LogP contribution in [0.2, 0.25) is 0 Å². The molecule has 1 N–H and O–H groups in total. The number of ketones is 2. The number of carbonyl (C=O) groups is 3. The highest BCUT2D eigenvalue weighted by Crippen LogP contribution is 2.88. The summed E-state index contributed by atoms with van der Waals surface area (Å²) >= 11 is 0. The van der Waals surface area contributed by atoms with E-state index < -0.39 is 0 Å². The molecule has 4 fully saturated rings. The summed E-state index contributed by atoms with van der Waals surface area (Å²) in [7, 11) is 0. The average molecular weight is 448 g/mol. The molecule has 7 atom stereocenters. The molecular weight excluding hydrogens is 410 g/mol. The van der Waals surface area contributed by atoms with Gasteiger partial charge < -0.3 is 5.32 Å². The van der Waals surface area contributed by atoms with Crippen molar-refractivity contribution in [2.24, 2.45) is 44.8 Å². The minimum Gasteiger partial charge on any atom is -0.322 e. The molecule has 33 heavy (non-hydrogen) atoms. The minimum atomic E-state index is -0.255. The summed E-state index contributed by atoms with van der Waals surface area (Å²) < 4.78 is 0. The van der Waals surface area contributed by atoms with Gasteiger partial charge in [-0.15, -0.1) is 0 Å². The quantitative estimate of drug-likeness (QED) is 0.584. The van der Waals surface area contributed by atoms with Crippen LogP contribution in [-0.4, -0.2) is 17.5 Å². The number of fused-ring (bicyclic) bond motifs is 2. The zero-order valence-corrected chi connectivity index (χ0v) is 20.7. The molecule has 1 aliphatic heterocycles. The molecule has 176 valence electrons. The summed E-state index contributed by atoms with van der Waals surface area (Å²) in [5.74, 6) is 1.61. The predicted octanol–water partition coefficient (Wildman–Crippen LogP) is 5.30. The monoisotopic (exact) mass is 447 g/mol. The fourth-order valence-corrected chi connectivity index (χ4v) is 10.1. The molecule has 0 unspecified atom stereocenters. The molecule has 4 nitrogen and oxygen atoms in total. The van der Waals surface area contributed by atoms with Crippen LogP contribution in [0.1, 0.15) is 79.6 Å².